The van der Waals surface area contributed by atoms with Crippen LogP contribution in [0, 0.1) is 0 Å². The number of furan rings is 1. The Hall–Kier alpha value is -4.07. The second kappa shape index (κ2) is 11.2. The summed E-state index contributed by atoms with van der Waals surface area (Å²) in [7, 11) is 0. The fraction of sp³-hybridized carbons (Fsp3) is 0.269. The Balaban J connectivity index is 1.28. The lowest BCUT2D eigenvalue weighted by atomic mass is 9.95. The van der Waals surface area contributed by atoms with Crippen LogP contribution in [0.4, 0.5) is 17.1 Å². The van der Waals surface area contributed by atoms with Crippen molar-refractivity contribution in [2.24, 2.45) is 0 Å². The van der Waals surface area contributed by atoms with Gasteiger partial charge in [0.2, 0.25) is 5.91 Å². The lowest BCUT2D eigenvalue weighted by Crippen LogP contribution is -2.36. The van der Waals surface area contributed by atoms with Gasteiger partial charge in [-0.15, -0.1) is 0 Å². The summed E-state index contributed by atoms with van der Waals surface area (Å²) in [6, 6.07) is 17.4. The van der Waals surface area contributed by atoms with Gasteiger partial charge in [-0.05, 0) is 61.4 Å². The molecule has 3 aromatic rings. The van der Waals surface area contributed by atoms with Crippen molar-refractivity contribution in [2.75, 3.05) is 22.5 Å². The van der Waals surface area contributed by atoms with Gasteiger partial charge in [0.15, 0.2) is 5.76 Å². The highest BCUT2D eigenvalue weighted by Crippen LogP contribution is 2.19. The number of benzene rings is 2. The van der Waals surface area contributed by atoms with E-state index in [2.05, 4.69) is 21.3 Å². The first-order valence-electron chi connectivity index (χ1n) is 11.5. The van der Waals surface area contributed by atoms with E-state index in [1.165, 1.54) is 12.7 Å². The summed E-state index contributed by atoms with van der Waals surface area (Å²) in [6.07, 6.45) is 6.99. The molecule has 0 radical (unpaired) electrons. The monoisotopic (exact) mass is 460 g/mol. The fourth-order valence-electron chi connectivity index (χ4n) is 3.95. The molecule has 1 heterocycles. The molecule has 176 valence electrons. The van der Waals surface area contributed by atoms with Crippen molar-refractivity contribution < 1.29 is 18.8 Å². The van der Waals surface area contributed by atoms with Crippen molar-refractivity contribution >= 4 is 34.8 Å². The molecule has 0 spiro atoms. The molecule has 1 aliphatic rings. The second-order valence-corrected chi connectivity index (χ2v) is 8.30. The average Bonchev–Trinajstić information content (AvgIpc) is 3.39. The van der Waals surface area contributed by atoms with E-state index in [0.717, 1.165) is 25.7 Å². The summed E-state index contributed by atoms with van der Waals surface area (Å²) >= 11 is 0. The van der Waals surface area contributed by atoms with Gasteiger partial charge in [0.25, 0.3) is 11.8 Å². The van der Waals surface area contributed by atoms with Gasteiger partial charge >= 0.3 is 0 Å². The number of nitrogens with one attached hydrogen (secondary N) is 4. The number of anilines is 3. The highest BCUT2D eigenvalue weighted by molar-refractivity contribution is 6.02. The van der Waals surface area contributed by atoms with Crippen LogP contribution in [0.5, 0.6) is 0 Å². The Bertz CT molecular complexity index is 1140. The molecule has 4 rings (SSSR count). The first kappa shape index (κ1) is 23.1. The lowest BCUT2D eigenvalue weighted by molar-refractivity contribution is -0.114. The highest BCUT2D eigenvalue weighted by Gasteiger charge is 2.17. The predicted molar refractivity (Wildman–Crippen MR) is 131 cm³/mol. The number of carbonyl (C=O) groups excluding carboxylic acids is 3. The van der Waals surface area contributed by atoms with Crippen LogP contribution in [0.2, 0.25) is 0 Å². The minimum atomic E-state index is -0.354. The van der Waals surface area contributed by atoms with Crippen molar-refractivity contribution in [2.45, 2.75) is 38.1 Å². The normalized spacial score (nSPS) is 13.6. The molecular formula is C26H28N4O4. The van der Waals surface area contributed by atoms with Crippen LogP contribution in [0.15, 0.2) is 71.3 Å². The molecule has 1 saturated carbocycles. The average molecular weight is 461 g/mol. The summed E-state index contributed by atoms with van der Waals surface area (Å²) in [4.78, 5) is 37.1. The molecule has 0 saturated heterocycles. The molecule has 0 unspecified atom stereocenters. The summed E-state index contributed by atoms with van der Waals surface area (Å²) in [5, 5.41) is 11.7. The third-order valence-electron chi connectivity index (χ3n) is 5.67. The van der Waals surface area contributed by atoms with Crippen molar-refractivity contribution in [3.63, 3.8) is 0 Å². The fourth-order valence-corrected chi connectivity index (χ4v) is 3.95. The van der Waals surface area contributed by atoms with Crippen LogP contribution < -0.4 is 21.3 Å². The van der Waals surface area contributed by atoms with Gasteiger partial charge in [-0.2, -0.15) is 0 Å². The quantitative estimate of drug-likeness (QED) is 0.391. The standard InChI is InChI=1S/C26H28N4O4/c31-24(17-27-20-10-5-12-22(16-20)30-26(33)23-13-6-14-34-23)28-21-11-4-7-18(15-21)25(32)29-19-8-2-1-3-9-19/h4-7,10-16,19,27H,1-3,8-9,17H2,(H,28,31)(H,29,32)(H,30,33). The third kappa shape index (κ3) is 6.48. The van der Waals surface area contributed by atoms with E-state index >= 15 is 0 Å². The zero-order chi connectivity index (χ0) is 23.8. The Labute approximate surface area is 198 Å². The van der Waals surface area contributed by atoms with Crippen molar-refractivity contribution in [1.82, 2.24) is 5.32 Å². The van der Waals surface area contributed by atoms with Crippen LogP contribution in [0.25, 0.3) is 0 Å². The van der Waals surface area contributed by atoms with Crippen molar-refractivity contribution in [1.29, 1.82) is 0 Å². The van der Waals surface area contributed by atoms with E-state index in [1.54, 1.807) is 60.7 Å². The molecule has 0 aliphatic heterocycles. The number of hydrogen-bond donors (Lipinski definition) is 4. The van der Waals surface area contributed by atoms with Crippen molar-refractivity contribution in [3.8, 4) is 0 Å². The van der Waals surface area contributed by atoms with E-state index in [9.17, 15) is 14.4 Å². The number of rotatable bonds is 8. The predicted octanol–water partition coefficient (Wildman–Crippen LogP) is 4.65. The number of carbonyl (C=O) groups is 3. The maximum Gasteiger partial charge on any atom is 0.291 e. The highest BCUT2D eigenvalue weighted by atomic mass is 16.3. The second-order valence-electron chi connectivity index (χ2n) is 8.30. The number of amides is 3. The van der Waals surface area contributed by atoms with E-state index in [-0.39, 0.29) is 36.1 Å². The largest absolute Gasteiger partial charge is 0.459 e. The zero-order valence-corrected chi connectivity index (χ0v) is 18.8. The Morgan fingerprint density at radius 3 is 2.29 bits per heavy atom. The van der Waals surface area contributed by atoms with Gasteiger partial charge in [-0.25, -0.2) is 0 Å². The number of hydrogen-bond acceptors (Lipinski definition) is 5. The van der Waals surface area contributed by atoms with Crippen LogP contribution in [-0.2, 0) is 4.79 Å². The van der Waals surface area contributed by atoms with Crippen LogP contribution >= 0.6 is 0 Å². The minimum Gasteiger partial charge on any atom is -0.459 e. The Kier molecular flexibility index (Phi) is 7.60. The van der Waals surface area contributed by atoms with E-state index in [1.807, 2.05) is 0 Å². The molecule has 8 heteroatoms. The summed E-state index contributed by atoms with van der Waals surface area (Å²) in [5.41, 5.74) is 2.33. The summed E-state index contributed by atoms with van der Waals surface area (Å²) < 4.78 is 5.09. The van der Waals surface area contributed by atoms with E-state index < -0.39 is 0 Å². The van der Waals surface area contributed by atoms with Gasteiger partial charge in [0.1, 0.15) is 0 Å². The molecule has 1 fully saturated rings. The maximum atomic E-state index is 12.6. The smallest absolute Gasteiger partial charge is 0.291 e. The first-order chi connectivity index (χ1) is 16.6. The van der Waals surface area contributed by atoms with E-state index in [0.29, 0.717) is 22.6 Å². The van der Waals surface area contributed by atoms with Crippen molar-refractivity contribution in [3.05, 3.63) is 78.3 Å². The van der Waals surface area contributed by atoms with Gasteiger partial charge in [-0.1, -0.05) is 31.4 Å². The summed E-state index contributed by atoms with van der Waals surface area (Å²) in [6.45, 7) is 0.0219. The van der Waals surface area contributed by atoms with Gasteiger partial charge in [-0.3, -0.25) is 14.4 Å². The molecule has 3 amide bonds. The molecule has 1 aromatic heterocycles. The minimum absolute atomic E-state index is 0.0219. The Morgan fingerprint density at radius 1 is 0.794 bits per heavy atom. The van der Waals surface area contributed by atoms with Crippen LogP contribution in [0.3, 0.4) is 0 Å². The molecule has 34 heavy (non-hydrogen) atoms. The lowest BCUT2D eigenvalue weighted by Gasteiger charge is -2.22. The molecule has 2 aromatic carbocycles. The van der Waals surface area contributed by atoms with E-state index in [4.69, 9.17) is 4.42 Å². The summed E-state index contributed by atoms with van der Waals surface area (Å²) in [5.74, 6) is -0.510. The molecule has 0 bridgehead atoms. The van der Waals surface area contributed by atoms with Crippen LogP contribution in [0.1, 0.15) is 53.0 Å². The zero-order valence-electron chi connectivity index (χ0n) is 18.8. The van der Waals surface area contributed by atoms with Gasteiger partial charge < -0.3 is 25.7 Å². The molecule has 8 nitrogen and oxygen atoms in total. The molecular weight excluding hydrogens is 432 g/mol. The third-order valence-corrected chi connectivity index (χ3v) is 5.67. The van der Waals surface area contributed by atoms with Gasteiger partial charge in [0, 0.05) is 28.7 Å². The van der Waals surface area contributed by atoms with Crippen LogP contribution in [-0.4, -0.2) is 30.3 Å². The SMILES string of the molecule is O=C(CNc1cccc(NC(=O)c2ccco2)c1)Nc1cccc(C(=O)NC2CCCCC2)c1. The Morgan fingerprint density at radius 2 is 1.53 bits per heavy atom. The maximum absolute atomic E-state index is 12.6. The topological polar surface area (TPSA) is 112 Å². The molecule has 0 atom stereocenters. The first-order valence-corrected chi connectivity index (χ1v) is 11.5. The van der Waals surface area contributed by atoms with Gasteiger partial charge in [0.05, 0.1) is 12.8 Å². The molecule has 4 N–H and O–H groups in total. The molecule has 1 aliphatic carbocycles.